The number of carbonyl (C=O) groups excluding carboxylic acids is 1. The predicted octanol–water partition coefficient (Wildman–Crippen LogP) is 3.54. The first kappa shape index (κ1) is 16.6. The second-order valence-corrected chi connectivity index (χ2v) is 6.24. The van der Waals surface area contributed by atoms with Crippen molar-refractivity contribution >= 4 is 5.91 Å². The number of ether oxygens (including phenoxy) is 1. The molecule has 0 unspecified atom stereocenters. The number of nitrogens with zero attached hydrogens (tertiary/aromatic N) is 2. The van der Waals surface area contributed by atoms with Crippen molar-refractivity contribution in [2.24, 2.45) is 0 Å². The van der Waals surface area contributed by atoms with Crippen molar-refractivity contribution in [1.82, 2.24) is 10.1 Å². The van der Waals surface area contributed by atoms with Crippen molar-refractivity contribution in [3.8, 4) is 5.75 Å². The van der Waals surface area contributed by atoms with E-state index in [0.29, 0.717) is 6.42 Å². The first-order valence-corrected chi connectivity index (χ1v) is 8.59. The van der Waals surface area contributed by atoms with E-state index in [-0.39, 0.29) is 11.9 Å². The lowest BCUT2D eigenvalue weighted by atomic mass is 10.1. The fourth-order valence-electron chi connectivity index (χ4n) is 3.28. The Labute approximate surface area is 142 Å². The second kappa shape index (κ2) is 7.51. The van der Waals surface area contributed by atoms with Gasteiger partial charge in [0.15, 0.2) is 0 Å². The van der Waals surface area contributed by atoms with Gasteiger partial charge in [0.25, 0.3) is 0 Å². The first-order valence-electron chi connectivity index (χ1n) is 8.59. The van der Waals surface area contributed by atoms with Crippen molar-refractivity contribution in [2.75, 3.05) is 13.7 Å². The molecular formula is C19H24N2O3. The molecule has 0 radical (unpaired) electrons. The summed E-state index contributed by atoms with van der Waals surface area (Å²) in [5.41, 5.74) is 1.85. The molecule has 128 valence electrons. The van der Waals surface area contributed by atoms with Crippen molar-refractivity contribution in [2.45, 2.75) is 45.1 Å². The van der Waals surface area contributed by atoms with Crippen LogP contribution in [0.3, 0.4) is 0 Å². The van der Waals surface area contributed by atoms with Gasteiger partial charge in [0, 0.05) is 19.0 Å². The molecule has 0 spiro atoms. The van der Waals surface area contributed by atoms with Gasteiger partial charge in [-0.3, -0.25) is 4.79 Å². The summed E-state index contributed by atoms with van der Waals surface area (Å²) in [6, 6.07) is 9.72. The van der Waals surface area contributed by atoms with Gasteiger partial charge in [0.2, 0.25) is 5.91 Å². The molecule has 1 aliphatic heterocycles. The van der Waals surface area contributed by atoms with Gasteiger partial charge in [-0.15, -0.1) is 0 Å². The lowest BCUT2D eigenvalue weighted by molar-refractivity contribution is -0.131. The van der Waals surface area contributed by atoms with E-state index in [1.165, 1.54) is 0 Å². The molecule has 1 atom stereocenters. The molecule has 1 aliphatic rings. The fraction of sp³-hybridized carbons (Fsp3) is 0.474. The lowest BCUT2D eigenvalue weighted by Gasteiger charge is -2.23. The summed E-state index contributed by atoms with van der Waals surface area (Å²) >= 11 is 0. The number of hydrogen-bond donors (Lipinski definition) is 0. The average molecular weight is 328 g/mol. The molecule has 0 N–H and O–H groups in total. The third-order valence-corrected chi connectivity index (χ3v) is 4.48. The molecule has 1 aromatic heterocycles. The Kier molecular flexibility index (Phi) is 5.18. The Morgan fingerprint density at radius 3 is 3.08 bits per heavy atom. The van der Waals surface area contributed by atoms with E-state index in [2.05, 4.69) is 12.1 Å². The highest BCUT2D eigenvalue weighted by Gasteiger charge is 2.32. The number of aromatic nitrogens is 1. The van der Waals surface area contributed by atoms with E-state index in [9.17, 15) is 4.79 Å². The Balaban J connectivity index is 1.70. The molecule has 0 bridgehead atoms. The molecule has 5 heteroatoms. The van der Waals surface area contributed by atoms with Crippen LogP contribution in [0.2, 0.25) is 0 Å². The summed E-state index contributed by atoms with van der Waals surface area (Å²) in [5.74, 6) is 1.81. The molecule has 1 amide bonds. The smallest absolute Gasteiger partial charge is 0.227 e. The minimum atomic E-state index is 0.0393. The van der Waals surface area contributed by atoms with E-state index in [0.717, 1.165) is 55.0 Å². The Bertz CT molecular complexity index is 695. The van der Waals surface area contributed by atoms with E-state index in [1.54, 1.807) is 7.11 Å². The first-order chi connectivity index (χ1) is 11.7. The zero-order chi connectivity index (χ0) is 16.9. The predicted molar refractivity (Wildman–Crippen MR) is 90.9 cm³/mol. The third kappa shape index (κ3) is 3.61. The maximum atomic E-state index is 12.8. The van der Waals surface area contributed by atoms with Gasteiger partial charge < -0.3 is 14.2 Å². The van der Waals surface area contributed by atoms with Crippen LogP contribution in [0.4, 0.5) is 0 Å². The highest BCUT2D eigenvalue weighted by Crippen LogP contribution is 2.32. The van der Waals surface area contributed by atoms with Gasteiger partial charge in [0.05, 0.1) is 19.6 Å². The van der Waals surface area contributed by atoms with E-state index in [4.69, 9.17) is 9.26 Å². The standard InChI is InChI=1S/C19H24N2O3/c1-3-6-16-13-17(20-24-16)18-9-5-10-21(18)19(22)12-14-7-4-8-15(11-14)23-2/h4,7-8,11,13,18H,3,5-6,9-10,12H2,1-2H3/t18-/m1/s1. The molecule has 24 heavy (non-hydrogen) atoms. The van der Waals surface area contributed by atoms with Crippen LogP contribution in [-0.2, 0) is 17.6 Å². The molecule has 1 fully saturated rings. The zero-order valence-electron chi connectivity index (χ0n) is 14.3. The molecular weight excluding hydrogens is 304 g/mol. The minimum absolute atomic E-state index is 0.0393. The molecule has 5 nitrogen and oxygen atoms in total. The molecule has 1 saturated heterocycles. The normalized spacial score (nSPS) is 17.2. The number of hydrogen-bond acceptors (Lipinski definition) is 4. The number of aryl methyl sites for hydroxylation is 1. The number of rotatable bonds is 6. The van der Waals surface area contributed by atoms with Gasteiger partial charge in [-0.25, -0.2) is 0 Å². The summed E-state index contributed by atoms with van der Waals surface area (Å²) in [6.07, 6.45) is 4.25. The number of benzene rings is 1. The summed E-state index contributed by atoms with van der Waals surface area (Å²) in [4.78, 5) is 14.7. The van der Waals surface area contributed by atoms with Gasteiger partial charge in [-0.05, 0) is 37.0 Å². The van der Waals surface area contributed by atoms with Crippen LogP contribution in [-0.4, -0.2) is 29.6 Å². The van der Waals surface area contributed by atoms with Crippen LogP contribution in [0.5, 0.6) is 5.75 Å². The van der Waals surface area contributed by atoms with Crippen LogP contribution >= 0.6 is 0 Å². The highest BCUT2D eigenvalue weighted by atomic mass is 16.5. The minimum Gasteiger partial charge on any atom is -0.497 e. The molecule has 3 rings (SSSR count). The Hall–Kier alpha value is -2.30. The van der Waals surface area contributed by atoms with Crippen molar-refractivity contribution in [3.63, 3.8) is 0 Å². The number of amides is 1. The quantitative estimate of drug-likeness (QED) is 0.814. The maximum Gasteiger partial charge on any atom is 0.227 e. The number of methoxy groups -OCH3 is 1. The van der Waals surface area contributed by atoms with Crippen LogP contribution in [0, 0.1) is 0 Å². The number of likely N-dealkylation sites (tertiary alicyclic amines) is 1. The van der Waals surface area contributed by atoms with Crippen LogP contribution in [0.1, 0.15) is 49.2 Å². The van der Waals surface area contributed by atoms with Gasteiger partial charge in [-0.1, -0.05) is 24.2 Å². The van der Waals surface area contributed by atoms with Crippen molar-refractivity contribution < 1.29 is 14.1 Å². The average Bonchev–Trinajstić information content (AvgIpc) is 3.24. The maximum absolute atomic E-state index is 12.8. The van der Waals surface area contributed by atoms with Crippen LogP contribution < -0.4 is 4.74 Å². The monoisotopic (exact) mass is 328 g/mol. The van der Waals surface area contributed by atoms with E-state index in [1.807, 2.05) is 35.2 Å². The van der Waals surface area contributed by atoms with Crippen molar-refractivity contribution in [3.05, 3.63) is 47.3 Å². The number of carbonyl (C=O) groups is 1. The molecule has 1 aromatic carbocycles. The van der Waals surface area contributed by atoms with Crippen molar-refractivity contribution in [1.29, 1.82) is 0 Å². The highest BCUT2D eigenvalue weighted by molar-refractivity contribution is 5.79. The van der Waals surface area contributed by atoms with Gasteiger partial charge in [0.1, 0.15) is 17.2 Å². The van der Waals surface area contributed by atoms with Gasteiger partial charge >= 0.3 is 0 Å². The third-order valence-electron chi connectivity index (χ3n) is 4.48. The van der Waals surface area contributed by atoms with Gasteiger partial charge in [-0.2, -0.15) is 0 Å². The molecule has 0 aliphatic carbocycles. The largest absolute Gasteiger partial charge is 0.497 e. The Morgan fingerprint density at radius 2 is 2.29 bits per heavy atom. The summed E-state index contributed by atoms with van der Waals surface area (Å²) in [5, 5.41) is 4.19. The second-order valence-electron chi connectivity index (χ2n) is 6.24. The van der Waals surface area contributed by atoms with E-state index < -0.39 is 0 Å². The zero-order valence-corrected chi connectivity index (χ0v) is 14.3. The fourth-order valence-corrected chi connectivity index (χ4v) is 3.28. The summed E-state index contributed by atoms with van der Waals surface area (Å²) in [6.45, 7) is 2.89. The summed E-state index contributed by atoms with van der Waals surface area (Å²) < 4.78 is 10.6. The lowest BCUT2D eigenvalue weighted by Crippen LogP contribution is -2.32. The van der Waals surface area contributed by atoms with E-state index >= 15 is 0 Å². The molecule has 0 saturated carbocycles. The molecule has 2 aromatic rings. The van der Waals surface area contributed by atoms with Crippen LogP contribution in [0.25, 0.3) is 0 Å². The SMILES string of the molecule is CCCc1cc([C@H]2CCCN2C(=O)Cc2cccc(OC)c2)no1. The Morgan fingerprint density at radius 1 is 1.42 bits per heavy atom. The van der Waals surface area contributed by atoms with Crippen LogP contribution in [0.15, 0.2) is 34.9 Å². The summed E-state index contributed by atoms with van der Waals surface area (Å²) in [7, 11) is 1.63. The molecule has 2 heterocycles. The topological polar surface area (TPSA) is 55.6 Å².